The lowest BCUT2D eigenvalue weighted by Gasteiger charge is -2.36. The molecule has 2 N–H and O–H groups in total. The number of esters is 1. The van der Waals surface area contributed by atoms with Crippen LogP contribution >= 0.6 is 0 Å². The summed E-state index contributed by atoms with van der Waals surface area (Å²) >= 11 is 0. The topological polar surface area (TPSA) is 105 Å². The standard InChI is InChI=1S/C22H36N2O6/c1-5-8-9-12-23-18(26)17-22-11-10-21(4,30-22)16(20(28)29-7-3)15(22)19(27)24(17)14(6-2)13-25/h14-17,25H,5-13H2,1-4H3,(H,23,26)/t14-,15-,16-,17?,21+,22?/m0/s1. The molecule has 3 aliphatic rings. The number of nitrogens with zero attached hydrogens (tertiary/aromatic N) is 1. The molecule has 2 amide bonds. The van der Waals surface area contributed by atoms with Gasteiger partial charge in [-0.3, -0.25) is 14.4 Å². The van der Waals surface area contributed by atoms with Crippen molar-refractivity contribution in [3.05, 3.63) is 0 Å². The predicted molar refractivity (Wildman–Crippen MR) is 109 cm³/mol. The summed E-state index contributed by atoms with van der Waals surface area (Å²) < 4.78 is 11.7. The van der Waals surface area contributed by atoms with Gasteiger partial charge in [0.2, 0.25) is 11.8 Å². The Morgan fingerprint density at radius 3 is 2.63 bits per heavy atom. The van der Waals surface area contributed by atoms with E-state index in [4.69, 9.17) is 9.47 Å². The minimum Gasteiger partial charge on any atom is -0.466 e. The molecule has 1 spiro atoms. The predicted octanol–water partition coefficient (Wildman–Crippen LogP) is 1.39. The Hall–Kier alpha value is -1.67. The number of unbranched alkanes of at least 4 members (excludes halogenated alkanes) is 2. The quantitative estimate of drug-likeness (QED) is 0.406. The van der Waals surface area contributed by atoms with Crippen LogP contribution in [0.5, 0.6) is 0 Å². The zero-order valence-electron chi connectivity index (χ0n) is 18.6. The van der Waals surface area contributed by atoms with Crippen LogP contribution in [0.4, 0.5) is 0 Å². The van der Waals surface area contributed by atoms with Crippen LogP contribution < -0.4 is 5.32 Å². The van der Waals surface area contributed by atoms with Crippen molar-refractivity contribution >= 4 is 17.8 Å². The van der Waals surface area contributed by atoms with E-state index in [0.717, 1.165) is 19.3 Å². The van der Waals surface area contributed by atoms with Crippen LogP contribution in [0.15, 0.2) is 0 Å². The van der Waals surface area contributed by atoms with E-state index in [1.807, 2.05) is 13.8 Å². The minimum absolute atomic E-state index is 0.221. The summed E-state index contributed by atoms with van der Waals surface area (Å²) in [6.07, 6.45) is 4.54. The van der Waals surface area contributed by atoms with E-state index >= 15 is 0 Å². The van der Waals surface area contributed by atoms with Crippen molar-refractivity contribution in [1.29, 1.82) is 0 Å². The molecule has 3 aliphatic heterocycles. The highest BCUT2D eigenvalue weighted by Gasteiger charge is 2.78. The van der Waals surface area contributed by atoms with Gasteiger partial charge in [-0.25, -0.2) is 0 Å². The number of carbonyl (C=O) groups excluding carboxylic acids is 3. The average Bonchev–Trinajstić information content (AvgIpc) is 3.28. The third kappa shape index (κ3) is 3.42. The van der Waals surface area contributed by atoms with Gasteiger partial charge in [0.1, 0.15) is 17.6 Å². The smallest absolute Gasteiger partial charge is 0.312 e. The molecule has 170 valence electrons. The molecule has 0 radical (unpaired) electrons. The fourth-order valence-electron chi connectivity index (χ4n) is 5.74. The number of carbonyl (C=O) groups is 3. The second kappa shape index (κ2) is 8.83. The molecule has 0 aliphatic carbocycles. The van der Waals surface area contributed by atoms with Crippen LogP contribution in [0.2, 0.25) is 0 Å². The maximum Gasteiger partial charge on any atom is 0.312 e. The fourth-order valence-corrected chi connectivity index (χ4v) is 5.74. The Labute approximate surface area is 178 Å². The largest absolute Gasteiger partial charge is 0.466 e. The highest BCUT2D eigenvalue weighted by Crippen LogP contribution is 2.63. The lowest BCUT2D eigenvalue weighted by atomic mass is 9.66. The summed E-state index contributed by atoms with van der Waals surface area (Å²) in [6.45, 7) is 8.05. The van der Waals surface area contributed by atoms with Crippen LogP contribution in [0.1, 0.15) is 66.2 Å². The van der Waals surface area contributed by atoms with E-state index < -0.39 is 41.1 Å². The first-order valence-electron chi connectivity index (χ1n) is 11.4. The number of likely N-dealkylation sites (tertiary alicyclic amines) is 1. The van der Waals surface area contributed by atoms with Crippen LogP contribution in [0, 0.1) is 11.8 Å². The molecule has 0 saturated carbocycles. The number of aliphatic hydroxyl groups is 1. The van der Waals surface area contributed by atoms with Crippen LogP contribution in [-0.4, -0.2) is 70.8 Å². The molecule has 0 aromatic heterocycles. The van der Waals surface area contributed by atoms with Crippen molar-refractivity contribution < 1.29 is 29.0 Å². The highest BCUT2D eigenvalue weighted by atomic mass is 16.6. The monoisotopic (exact) mass is 424 g/mol. The van der Waals surface area contributed by atoms with Gasteiger partial charge in [0, 0.05) is 6.54 Å². The van der Waals surface area contributed by atoms with Crippen LogP contribution in [0.3, 0.4) is 0 Å². The average molecular weight is 425 g/mol. The second-order valence-electron chi connectivity index (χ2n) is 8.97. The Morgan fingerprint density at radius 1 is 1.30 bits per heavy atom. The molecule has 2 unspecified atom stereocenters. The Kier molecular flexibility index (Phi) is 6.77. The van der Waals surface area contributed by atoms with Gasteiger partial charge < -0.3 is 24.8 Å². The minimum atomic E-state index is -1.05. The molecule has 0 aromatic carbocycles. The first-order chi connectivity index (χ1) is 14.3. The Balaban J connectivity index is 1.98. The summed E-state index contributed by atoms with van der Waals surface area (Å²) in [7, 11) is 0. The van der Waals surface area contributed by atoms with Gasteiger partial charge in [-0.1, -0.05) is 26.7 Å². The molecule has 8 heteroatoms. The molecule has 0 aromatic rings. The first kappa shape index (κ1) is 23.0. The van der Waals surface area contributed by atoms with Crippen LogP contribution in [-0.2, 0) is 23.9 Å². The van der Waals surface area contributed by atoms with E-state index in [1.54, 1.807) is 6.92 Å². The van der Waals surface area contributed by atoms with E-state index in [0.29, 0.717) is 25.8 Å². The van der Waals surface area contributed by atoms with Crippen molar-refractivity contribution in [3.8, 4) is 0 Å². The summed E-state index contributed by atoms with van der Waals surface area (Å²) in [5, 5.41) is 12.9. The van der Waals surface area contributed by atoms with Gasteiger partial charge in [0.05, 0.1) is 30.8 Å². The second-order valence-corrected chi connectivity index (χ2v) is 8.97. The molecule has 3 heterocycles. The molecule has 6 atom stereocenters. The number of nitrogens with one attached hydrogen (secondary N) is 1. The molecular weight excluding hydrogens is 388 g/mol. The lowest BCUT2D eigenvalue weighted by molar-refractivity contribution is -0.160. The molecule has 8 nitrogen and oxygen atoms in total. The maximum absolute atomic E-state index is 13.6. The zero-order chi connectivity index (χ0) is 22.1. The van der Waals surface area contributed by atoms with Gasteiger partial charge in [-0.2, -0.15) is 0 Å². The molecular formula is C22H36N2O6. The third-order valence-electron chi connectivity index (χ3n) is 7.16. The van der Waals surface area contributed by atoms with Gasteiger partial charge >= 0.3 is 5.97 Å². The summed E-state index contributed by atoms with van der Waals surface area (Å²) in [6, 6.07) is -1.35. The third-order valence-corrected chi connectivity index (χ3v) is 7.16. The van der Waals surface area contributed by atoms with Gasteiger partial charge in [0.15, 0.2) is 0 Å². The van der Waals surface area contributed by atoms with E-state index in [9.17, 15) is 19.5 Å². The molecule has 30 heavy (non-hydrogen) atoms. The first-order valence-corrected chi connectivity index (χ1v) is 11.4. The highest BCUT2D eigenvalue weighted by molar-refractivity contribution is 5.98. The summed E-state index contributed by atoms with van der Waals surface area (Å²) in [5.74, 6) is -2.49. The molecule has 3 rings (SSSR count). The zero-order valence-corrected chi connectivity index (χ0v) is 18.6. The summed E-state index contributed by atoms with van der Waals surface area (Å²) in [5.41, 5.74) is -1.87. The van der Waals surface area contributed by atoms with E-state index in [2.05, 4.69) is 12.2 Å². The lowest BCUT2D eigenvalue weighted by Crippen LogP contribution is -2.58. The maximum atomic E-state index is 13.6. The number of ether oxygens (including phenoxy) is 2. The van der Waals surface area contributed by atoms with Crippen molar-refractivity contribution in [2.75, 3.05) is 19.8 Å². The van der Waals surface area contributed by atoms with Gasteiger partial charge in [-0.05, 0) is 39.5 Å². The van der Waals surface area contributed by atoms with Crippen molar-refractivity contribution in [3.63, 3.8) is 0 Å². The van der Waals surface area contributed by atoms with Gasteiger partial charge in [-0.15, -0.1) is 0 Å². The Bertz CT molecular complexity index is 681. The Morgan fingerprint density at radius 2 is 2.03 bits per heavy atom. The number of hydrogen-bond donors (Lipinski definition) is 2. The molecule has 2 bridgehead atoms. The number of rotatable bonds is 10. The molecule has 3 fully saturated rings. The SMILES string of the molecule is CCCCCNC(=O)C1N([C@@H](CC)CO)C(=O)[C@@H]2[C@@H](C(=O)OCC)[C@@]3(C)CCC12O3. The number of amides is 2. The molecule has 3 saturated heterocycles. The number of hydrogen-bond acceptors (Lipinski definition) is 6. The van der Waals surface area contributed by atoms with Crippen LogP contribution in [0.25, 0.3) is 0 Å². The number of fused-ring (bicyclic) bond motifs is 1. The van der Waals surface area contributed by atoms with Crippen molar-refractivity contribution in [1.82, 2.24) is 10.2 Å². The van der Waals surface area contributed by atoms with Crippen molar-refractivity contribution in [2.24, 2.45) is 11.8 Å². The summed E-state index contributed by atoms with van der Waals surface area (Å²) in [4.78, 5) is 41.3. The van der Waals surface area contributed by atoms with Gasteiger partial charge in [0.25, 0.3) is 0 Å². The fraction of sp³-hybridized carbons (Fsp3) is 0.864. The number of aliphatic hydroxyl groups excluding tert-OH is 1. The normalized spacial score (nSPS) is 35.4. The van der Waals surface area contributed by atoms with Crippen molar-refractivity contribution in [2.45, 2.75) is 89.5 Å². The van der Waals surface area contributed by atoms with E-state index in [-0.39, 0.29) is 25.0 Å². The van der Waals surface area contributed by atoms with E-state index in [1.165, 1.54) is 4.90 Å².